The number of fused-ring (bicyclic) bond motifs is 1. The van der Waals surface area contributed by atoms with Gasteiger partial charge < -0.3 is 19.5 Å². The molecule has 30 heavy (non-hydrogen) atoms. The van der Waals surface area contributed by atoms with Crippen molar-refractivity contribution in [2.24, 2.45) is 0 Å². The number of rotatable bonds is 3. The van der Waals surface area contributed by atoms with Crippen molar-refractivity contribution in [3.05, 3.63) is 21.9 Å². The summed E-state index contributed by atoms with van der Waals surface area (Å²) in [5.41, 5.74) is 0.201. The first-order chi connectivity index (χ1) is 14.3. The second kappa shape index (κ2) is 9.75. The summed E-state index contributed by atoms with van der Waals surface area (Å²) >= 11 is 3.32. The summed E-state index contributed by atoms with van der Waals surface area (Å²) in [5.74, 6) is 0.195. The number of aryl methyl sites for hydroxylation is 1. The monoisotopic (exact) mass is 483 g/mol. The zero-order valence-electron chi connectivity index (χ0n) is 18.2. The highest BCUT2D eigenvalue weighted by atomic mass is 79.9. The van der Waals surface area contributed by atoms with Crippen LogP contribution in [0.15, 0.2) is 10.5 Å². The molecule has 4 rings (SSSR count). The second-order valence-electron chi connectivity index (χ2n) is 8.00. The predicted molar refractivity (Wildman–Crippen MR) is 120 cm³/mol. The molecule has 1 unspecified atom stereocenters. The highest BCUT2D eigenvalue weighted by molar-refractivity contribution is 9.10. The Kier molecular flexibility index (Phi) is 7.52. The van der Waals surface area contributed by atoms with Gasteiger partial charge in [0.1, 0.15) is 17.4 Å². The zero-order valence-corrected chi connectivity index (χ0v) is 19.8. The van der Waals surface area contributed by atoms with Gasteiger partial charge in [0.2, 0.25) is 0 Å². The molecule has 2 aliphatic heterocycles. The Bertz CT molecular complexity index is 888. The van der Waals surface area contributed by atoms with Crippen molar-refractivity contribution in [3.63, 3.8) is 0 Å². The molecule has 2 aliphatic rings. The standard InChI is InChI=1S/C20H25BrFN3O3.C2H6/c1-12-10-14-17(16(22)15(12)21)23-19(28-13-4-8-27-9-5-13)24-18(14)25-7-3-6-20(2,26)11-25;1-2/h10,13,26H,3-9,11H2,1-2H3;1-2H3. The van der Waals surface area contributed by atoms with Gasteiger partial charge in [-0.15, -0.1) is 0 Å². The van der Waals surface area contributed by atoms with Gasteiger partial charge in [-0.1, -0.05) is 13.8 Å². The Morgan fingerprint density at radius 3 is 2.67 bits per heavy atom. The van der Waals surface area contributed by atoms with Gasteiger partial charge in [-0.3, -0.25) is 0 Å². The van der Waals surface area contributed by atoms with Crippen LogP contribution in [-0.4, -0.2) is 53.1 Å². The molecule has 8 heteroatoms. The highest BCUT2D eigenvalue weighted by Gasteiger charge is 2.31. The molecule has 1 N–H and O–H groups in total. The number of halogens is 2. The molecule has 2 aromatic rings. The molecule has 2 saturated heterocycles. The molecule has 6 nitrogen and oxygen atoms in total. The topological polar surface area (TPSA) is 67.7 Å². The fraction of sp³-hybridized carbons (Fsp3) is 0.636. The summed E-state index contributed by atoms with van der Waals surface area (Å²) in [6, 6.07) is 2.06. The number of ether oxygens (including phenoxy) is 2. The summed E-state index contributed by atoms with van der Waals surface area (Å²) in [4.78, 5) is 11.1. The molecule has 0 amide bonds. The van der Waals surface area contributed by atoms with Gasteiger partial charge in [0.25, 0.3) is 0 Å². The minimum Gasteiger partial charge on any atom is -0.460 e. The lowest BCUT2D eigenvalue weighted by Crippen LogP contribution is -2.46. The molecule has 0 bridgehead atoms. The van der Waals surface area contributed by atoms with Crippen LogP contribution in [0.25, 0.3) is 10.9 Å². The normalized spacial score (nSPS) is 22.6. The van der Waals surface area contributed by atoms with Crippen molar-refractivity contribution < 1.29 is 19.0 Å². The fourth-order valence-electron chi connectivity index (χ4n) is 3.93. The summed E-state index contributed by atoms with van der Waals surface area (Å²) in [6.07, 6.45) is 3.05. The van der Waals surface area contributed by atoms with Crippen LogP contribution in [0.3, 0.4) is 0 Å². The molecule has 1 atom stereocenters. The van der Waals surface area contributed by atoms with E-state index in [4.69, 9.17) is 9.47 Å². The van der Waals surface area contributed by atoms with Gasteiger partial charge in [0, 0.05) is 31.3 Å². The number of aromatic nitrogens is 2. The van der Waals surface area contributed by atoms with Crippen LogP contribution >= 0.6 is 15.9 Å². The third-order valence-corrected chi connectivity index (χ3v) is 6.40. The number of benzene rings is 1. The molecule has 2 fully saturated rings. The molecule has 1 aromatic carbocycles. The van der Waals surface area contributed by atoms with Crippen LogP contribution in [0.1, 0.15) is 52.0 Å². The Balaban J connectivity index is 0.00000124. The first-order valence-electron chi connectivity index (χ1n) is 10.7. The van der Waals surface area contributed by atoms with E-state index in [1.807, 2.05) is 38.7 Å². The Hall–Kier alpha value is -1.51. The number of anilines is 1. The molecule has 0 aliphatic carbocycles. The van der Waals surface area contributed by atoms with Crippen LogP contribution in [0.2, 0.25) is 0 Å². The van der Waals surface area contributed by atoms with Crippen molar-refractivity contribution in [1.29, 1.82) is 0 Å². The number of hydrogen-bond donors (Lipinski definition) is 1. The lowest BCUT2D eigenvalue weighted by Gasteiger charge is -2.38. The molecule has 3 heterocycles. The summed E-state index contributed by atoms with van der Waals surface area (Å²) in [7, 11) is 0. The number of hydrogen-bond acceptors (Lipinski definition) is 6. The van der Waals surface area contributed by atoms with Crippen LogP contribution in [0, 0.1) is 12.7 Å². The van der Waals surface area contributed by atoms with E-state index in [1.165, 1.54) is 0 Å². The van der Waals surface area contributed by atoms with Crippen LogP contribution in [0.4, 0.5) is 10.2 Å². The molecule has 166 valence electrons. The van der Waals surface area contributed by atoms with Crippen LogP contribution in [0.5, 0.6) is 6.01 Å². The number of β-amino-alcohol motifs (C(OH)–C–C–N with tert-alkyl or cyclic N) is 1. The maximum atomic E-state index is 15.0. The molecule has 0 radical (unpaired) electrons. The van der Waals surface area contributed by atoms with Crippen molar-refractivity contribution in [2.75, 3.05) is 31.2 Å². The van der Waals surface area contributed by atoms with Crippen molar-refractivity contribution in [2.45, 2.75) is 65.1 Å². The lowest BCUT2D eigenvalue weighted by atomic mass is 9.95. The van der Waals surface area contributed by atoms with Gasteiger partial charge in [-0.05, 0) is 54.2 Å². The lowest BCUT2D eigenvalue weighted by molar-refractivity contribution is 0.0217. The Labute approximate surface area is 185 Å². The maximum Gasteiger partial charge on any atom is 0.319 e. The number of aliphatic hydroxyl groups is 1. The SMILES string of the molecule is CC.Cc1cc2c(N3CCCC(C)(O)C3)nc(OC3CCOCC3)nc2c(F)c1Br. The largest absolute Gasteiger partial charge is 0.460 e. The van der Waals surface area contributed by atoms with Crippen LogP contribution < -0.4 is 9.64 Å². The predicted octanol–water partition coefficient (Wildman–Crippen LogP) is 4.78. The van der Waals surface area contributed by atoms with E-state index < -0.39 is 11.4 Å². The highest BCUT2D eigenvalue weighted by Crippen LogP contribution is 2.36. The van der Waals surface area contributed by atoms with Gasteiger partial charge >= 0.3 is 6.01 Å². The fourth-order valence-corrected chi connectivity index (χ4v) is 4.23. The number of piperidine rings is 1. The second-order valence-corrected chi connectivity index (χ2v) is 8.79. The van der Waals surface area contributed by atoms with E-state index in [-0.39, 0.29) is 17.6 Å². The zero-order chi connectivity index (χ0) is 21.9. The third-order valence-electron chi connectivity index (χ3n) is 5.43. The number of nitrogens with zero attached hydrogens (tertiary/aromatic N) is 3. The summed E-state index contributed by atoms with van der Waals surface area (Å²) < 4.78 is 26.8. The quantitative estimate of drug-likeness (QED) is 0.677. The average molecular weight is 484 g/mol. The van der Waals surface area contributed by atoms with Crippen molar-refractivity contribution in [1.82, 2.24) is 9.97 Å². The van der Waals surface area contributed by atoms with Crippen molar-refractivity contribution in [3.8, 4) is 6.01 Å². The van der Waals surface area contributed by atoms with Gasteiger partial charge in [-0.2, -0.15) is 9.97 Å². The van der Waals surface area contributed by atoms with Gasteiger partial charge in [0.15, 0.2) is 5.82 Å². The smallest absolute Gasteiger partial charge is 0.319 e. The van der Waals surface area contributed by atoms with E-state index in [1.54, 1.807) is 0 Å². The van der Waals surface area contributed by atoms with Crippen LogP contribution in [-0.2, 0) is 4.74 Å². The summed E-state index contributed by atoms with van der Waals surface area (Å²) in [6.45, 7) is 10.1. The van der Waals surface area contributed by atoms with E-state index >= 15 is 4.39 Å². The minimum absolute atomic E-state index is 0.0412. The maximum absolute atomic E-state index is 15.0. The molecule has 0 spiro atoms. The molecule has 1 aromatic heterocycles. The molecular formula is C22H31BrFN3O3. The molecular weight excluding hydrogens is 453 g/mol. The van der Waals surface area contributed by atoms with Crippen molar-refractivity contribution >= 4 is 32.7 Å². The van der Waals surface area contributed by atoms with E-state index in [9.17, 15) is 5.11 Å². The van der Waals surface area contributed by atoms with Gasteiger partial charge in [-0.25, -0.2) is 4.39 Å². The van der Waals surface area contributed by atoms with E-state index in [0.717, 1.165) is 37.8 Å². The minimum atomic E-state index is -0.805. The molecule has 0 saturated carbocycles. The van der Waals surface area contributed by atoms with E-state index in [0.29, 0.717) is 35.4 Å². The third kappa shape index (κ3) is 5.03. The van der Waals surface area contributed by atoms with E-state index in [2.05, 4.69) is 25.9 Å². The average Bonchev–Trinajstić information content (AvgIpc) is 2.74. The first kappa shape index (κ1) is 23.2. The Morgan fingerprint density at radius 2 is 2.00 bits per heavy atom. The van der Waals surface area contributed by atoms with Gasteiger partial charge in [0.05, 0.1) is 23.3 Å². The Morgan fingerprint density at radius 1 is 1.30 bits per heavy atom. The summed E-state index contributed by atoms with van der Waals surface area (Å²) in [5, 5.41) is 11.2. The first-order valence-corrected chi connectivity index (χ1v) is 11.5.